The number of hydrogen-bond acceptors (Lipinski definition) is 6. The molecule has 98 valence electrons. The van der Waals surface area contributed by atoms with E-state index in [2.05, 4.69) is 16.0 Å². The molecule has 0 bridgehead atoms. The number of nitriles is 1. The lowest BCUT2D eigenvalue weighted by atomic mass is 10.1. The summed E-state index contributed by atoms with van der Waals surface area (Å²) >= 11 is 1.34. The zero-order chi connectivity index (χ0) is 14.1. The molecule has 3 aromatic rings. The van der Waals surface area contributed by atoms with Crippen LogP contribution in [0.3, 0.4) is 0 Å². The van der Waals surface area contributed by atoms with E-state index >= 15 is 0 Å². The third kappa shape index (κ3) is 2.04. The number of aromatic nitrogens is 2. The third-order valence-corrected chi connectivity index (χ3v) is 3.67. The van der Waals surface area contributed by atoms with Crippen LogP contribution in [0, 0.1) is 11.3 Å². The van der Waals surface area contributed by atoms with Gasteiger partial charge in [-0.2, -0.15) is 5.26 Å². The van der Waals surface area contributed by atoms with Crippen LogP contribution in [0.1, 0.15) is 5.56 Å². The minimum atomic E-state index is 0.497. The lowest BCUT2D eigenvalue weighted by Gasteiger charge is -2.08. The SMILES string of the molecule is COc1cc(C#N)ccc1-c1ccc2nc(N)sc2n1. The van der Waals surface area contributed by atoms with Gasteiger partial charge in [0.05, 0.1) is 24.4 Å². The van der Waals surface area contributed by atoms with Crippen LogP contribution in [-0.4, -0.2) is 17.1 Å². The summed E-state index contributed by atoms with van der Waals surface area (Å²) in [5.74, 6) is 0.619. The topological polar surface area (TPSA) is 84.8 Å². The van der Waals surface area contributed by atoms with Crippen molar-refractivity contribution in [3.8, 4) is 23.1 Å². The summed E-state index contributed by atoms with van der Waals surface area (Å²) in [5.41, 5.74) is 8.61. The Bertz CT molecular complexity index is 835. The van der Waals surface area contributed by atoms with Crippen LogP contribution in [-0.2, 0) is 0 Å². The van der Waals surface area contributed by atoms with Gasteiger partial charge in [-0.05, 0) is 30.3 Å². The maximum absolute atomic E-state index is 8.92. The van der Waals surface area contributed by atoms with Crippen LogP contribution in [0.25, 0.3) is 21.6 Å². The predicted molar refractivity (Wildman–Crippen MR) is 78.5 cm³/mol. The second kappa shape index (κ2) is 4.79. The van der Waals surface area contributed by atoms with Gasteiger partial charge in [0.15, 0.2) is 5.13 Å². The molecule has 3 rings (SSSR count). The largest absolute Gasteiger partial charge is 0.496 e. The molecule has 20 heavy (non-hydrogen) atoms. The van der Waals surface area contributed by atoms with Crippen molar-refractivity contribution in [2.75, 3.05) is 12.8 Å². The Balaban J connectivity index is 2.17. The van der Waals surface area contributed by atoms with Crippen molar-refractivity contribution in [2.45, 2.75) is 0 Å². The average Bonchev–Trinajstić information content (AvgIpc) is 2.85. The second-order valence-electron chi connectivity index (χ2n) is 4.10. The Morgan fingerprint density at radius 2 is 2.10 bits per heavy atom. The van der Waals surface area contributed by atoms with Gasteiger partial charge in [0.1, 0.15) is 16.1 Å². The molecule has 5 nitrogen and oxygen atoms in total. The molecule has 0 radical (unpaired) electrons. The van der Waals surface area contributed by atoms with Gasteiger partial charge in [0.2, 0.25) is 0 Å². The Morgan fingerprint density at radius 3 is 2.85 bits per heavy atom. The van der Waals surface area contributed by atoms with Crippen molar-refractivity contribution in [1.82, 2.24) is 9.97 Å². The van der Waals surface area contributed by atoms with E-state index in [4.69, 9.17) is 15.7 Å². The van der Waals surface area contributed by atoms with Crippen LogP contribution in [0.15, 0.2) is 30.3 Å². The first kappa shape index (κ1) is 12.4. The number of nitrogen functional groups attached to an aromatic ring is 1. The first-order chi connectivity index (χ1) is 9.71. The minimum Gasteiger partial charge on any atom is -0.496 e. The van der Waals surface area contributed by atoms with Crippen molar-refractivity contribution in [3.05, 3.63) is 35.9 Å². The molecule has 1 aromatic carbocycles. The number of benzene rings is 1. The molecular weight excluding hydrogens is 272 g/mol. The summed E-state index contributed by atoms with van der Waals surface area (Å²) in [6.45, 7) is 0. The monoisotopic (exact) mass is 282 g/mol. The van der Waals surface area contributed by atoms with Crippen molar-refractivity contribution in [2.24, 2.45) is 0 Å². The van der Waals surface area contributed by atoms with E-state index in [-0.39, 0.29) is 0 Å². The molecule has 0 aliphatic heterocycles. The highest BCUT2D eigenvalue weighted by Crippen LogP contribution is 2.32. The van der Waals surface area contributed by atoms with Crippen molar-refractivity contribution in [3.63, 3.8) is 0 Å². The normalized spacial score (nSPS) is 10.4. The molecule has 0 amide bonds. The summed E-state index contributed by atoms with van der Waals surface area (Å²) in [5, 5.41) is 9.42. The summed E-state index contributed by atoms with van der Waals surface area (Å²) in [7, 11) is 1.57. The molecule has 0 saturated carbocycles. The molecule has 0 fully saturated rings. The highest BCUT2D eigenvalue weighted by Gasteiger charge is 2.10. The Labute approximate surface area is 119 Å². The van der Waals surface area contributed by atoms with E-state index in [0.29, 0.717) is 16.4 Å². The van der Waals surface area contributed by atoms with Crippen LogP contribution in [0.2, 0.25) is 0 Å². The number of methoxy groups -OCH3 is 1. The third-order valence-electron chi connectivity index (χ3n) is 2.88. The van der Waals surface area contributed by atoms with Gasteiger partial charge < -0.3 is 10.5 Å². The number of pyridine rings is 1. The van der Waals surface area contributed by atoms with Gasteiger partial charge >= 0.3 is 0 Å². The molecule has 2 N–H and O–H groups in total. The number of rotatable bonds is 2. The Morgan fingerprint density at radius 1 is 1.25 bits per heavy atom. The van der Waals surface area contributed by atoms with Gasteiger partial charge in [0.25, 0.3) is 0 Å². The molecule has 6 heteroatoms. The number of hydrogen-bond donors (Lipinski definition) is 1. The highest BCUT2D eigenvalue weighted by molar-refractivity contribution is 7.21. The summed E-state index contributed by atoms with van der Waals surface area (Å²) in [6.07, 6.45) is 0. The molecular formula is C14H10N4OS. The summed E-state index contributed by atoms with van der Waals surface area (Å²) in [4.78, 5) is 9.50. The van der Waals surface area contributed by atoms with Crippen molar-refractivity contribution < 1.29 is 4.74 Å². The van der Waals surface area contributed by atoms with E-state index in [0.717, 1.165) is 21.6 Å². The number of nitrogens with zero attached hydrogens (tertiary/aromatic N) is 3. The van der Waals surface area contributed by atoms with Crippen LogP contribution in [0.5, 0.6) is 5.75 Å². The zero-order valence-corrected chi connectivity index (χ0v) is 11.4. The van der Waals surface area contributed by atoms with Crippen LogP contribution < -0.4 is 10.5 Å². The maximum Gasteiger partial charge on any atom is 0.182 e. The smallest absolute Gasteiger partial charge is 0.182 e. The van der Waals surface area contributed by atoms with E-state index in [1.807, 2.05) is 18.2 Å². The maximum atomic E-state index is 8.92. The molecule has 0 aliphatic rings. The summed E-state index contributed by atoms with van der Waals surface area (Å²) < 4.78 is 5.33. The number of nitrogens with two attached hydrogens (primary N) is 1. The van der Waals surface area contributed by atoms with Gasteiger partial charge in [0, 0.05) is 5.56 Å². The lowest BCUT2D eigenvalue weighted by molar-refractivity contribution is 0.416. The first-order valence-electron chi connectivity index (χ1n) is 5.83. The van der Waals surface area contributed by atoms with E-state index in [1.54, 1.807) is 19.2 Å². The second-order valence-corrected chi connectivity index (χ2v) is 5.11. The molecule has 0 saturated heterocycles. The van der Waals surface area contributed by atoms with E-state index in [1.165, 1.54) is 11.3 Å². The van der Waals surface area contributed by atoms with E-state index < -0.39 is 0 Å². The highest BCUT2D eigenvalue weighted by atomic mass is 32.1. The molecule has 0 spiro atoms. The molecule has 0 unspecified atom stereocenters. The van der Waals surface area contributed by atoms with Crippen LogP contribution in [0.4, 0.5) is 5.13 Å². The van der Waals surface area contributed by atoms with Gasteiger partial charge in [-0.15, -0.1) is 0 Å². The van der Waals surface area contributed by atoms with Crippen molar-refractivity contribution >= 4 is 26.8 Å². The summed E-state index contributed by atoms with van der Waals surface area (Å²) in [6, 6.07) is 11.1. The lowest BCUT2D eigenvalue weighted by Crippen LogP contribution is -1.91. The molecule has 2 aromatic heterocycles. The average molecular weight is 282 g/mol. The fraction of sp³-hybridized carbons (Fsp3) is 0.0714. The minimum absolute atomic E-state index is 0.497. The predicted octanol–water partition coefficient (Wildman–Crippen LogP) is 2.82. The number of thiazole rings is 1. The quantitative estimate of drug-likeness (QED) is 0.781. The number of fused-ring (bicyclic) bond motifs is 1. The van der Waals surface area contributed by atoms with Gasteiger partial charge in [-0.1, -0.05) is 11.3 Å². The molecule has 0 atom stereocenters. The van der Waals surface area contributed by atoms with Gasteiger partial charge in [-0.3, -0.25) is 0 Å². The Hall–Kier alpha value is -2.65. The number of anilines is 1. The van der Waals surface area contributed by atoms with E-state index in [9.17, 15) is 0 Å². The van der Waals surface area contributed by atoms with Gasteiger partial charge in [-0.25, -0.2) is 9.97 Å². The number of ether oxygens (including phenoxy) is 1. The Kier molecular flexibility index (Phi) is 2.97. The first-order valence-corrected chi connectivity index (χ1v) is 6.64. The standard InChI is InChI=1S/C14H10N4OS/c1-19-12-6-8(7-15)2-3-9(12)10-4-5-11-13(17-10)20-14(16)18-11/h2-6H,1H3,(H2,16,18). The molecule has 2 heterocycles. The van der Waals surface area contributed by atoms with Crippen molar-refractivity contribution in [1.29, 1.82) is 5.26 Å². The molecule has 0 aliphatic carbocycles. The fourth-order valence-corrected chi connectivity index (χ4v) is 2.66. The fourth-order valence-electron chi connectivity index (χ4n) is 1.96. The zero-order valence-electron chi connectivity index (χ0n) is 10.6. The van der Waals surface area contributed by atoms with Crippen LogP contribution >= 0.6 is 11.3 Å².